The summed E-state index contributed by atoms with van der Waals surface area (Å²) in [5.74, 6) is 1.07. The van der Waals surface area contributed by atoms with Gasteiger partial charge in [0.25, 0.3) is 0 Å². The number of aromatic nitrogens is 2. The number of rotatable bonds is 6. The monoisotopic (exact) mass is 432 g/mol. The SMILES string of the molecule is CC[C@@H]1C[C@@](C#N)(C2CC2)C(=O)N1c1ccnc(Nc2ccc(N3CCOCC3)cc2)n1. The minimum atomic E-state index is -0.894. The summed E-state index contributed by atoms with van der Waals surface area (Å²) in [5, 5.41) is 13.1. The van der Waals surface area contributed by atoms with Gasteiger partial charge < -0.3 is 15.0 Å². The summed E-state index contributed by atoms with van der Waals surface area (Å²) in [6, 6.07) is 12.3. The van der Waals surface area contributed by atoms with E-state index in [2.05, 4.69) is 45.3 Å². The number of morpholine rings is 1. The molecule has 3 heterocycles. The van der Waals surface area contributed by atoms with Crippen LogP contribution in [0.15, 0.2) is 36.5 Å². The first-order valence-electron chi connectivity index (χ1n) is 11.4. The molecule has 2 aliphatic heterocycles. The average molecular weight is 433 g/mol. The van der Waals surface area contributed by atoms with Crippen molar-refractivity contribution in [1.82, 2.24) is 9.97 Å². The topological polar surface area (TPSA) is 94.4 Å². The van der Waals surface area contributed by atoms with Gasteiger partial charge >= 0.3 is 0 Å². The second-order valence-electron chi connectivity index (χ2n) is 8.81. The number of nitriles is 1. The van der Waals surface area contributed by atoms with Crippen LogP contribution in [0.25, 0.3) is 0 Å². The normalized spacial score (nSPS) is 25.6. The molecule has 2 saturated heterocycles. The van der Waals surface area contributed by atoms with Crippen LogP contribution < -0.4 is 15.1 Å². The number of nitrogens with one attached hydrogen (secondary N) is 1. The number of carbonyl (C=O) groups excluding carboxylic acids is 1. The number of benzene rings is 1. The maximum Gasteiger partial charge on any atom is 0.249 e. The zero-order chi connectivity index (χ0) is 22.1. The first-order valence-corrected chi connectivity index (χ1v) is 11.4. The number of anilines is 4. The van der Waals surface area contributed by atoms with Gasteiger partial charge in [0.2, 0.25) is 11.9 Å². The average Bonchev–Trinajstić information content (AvgIpc) is 3.65. The molecule has 1 amide bonds. The van der Waals surface area contributed by atoms with Gasteiger partial charge in [0.1, 0.15) is 11.2 Å². The Balaban J connectivity index is 1.34. The van der Waals surface area contributed by atoms with Crippen molar-refractivity contribution in [3.63, 3.8) is 0 Å². The van der Waals surface area contributed by atoms with Gasteiger partial charge in [-0.05, 0) is 61.9 Å². The fourth-order valence-corrected chi connectivity index (χ4v) is 4.90. The summed E-state index contributed by atoms with van der Waals surface area (Å²) in [4.78, 5) is 26.4. The number of hydrogen-bond acceptors (Lipinski definition) is 7. The van der Waals surface area contributed by atoms with Crippen LogP contribution >= 0.6 is 0 Å². The molecule has 3 fully saturated rings. The van der Waals surface area contributed by atoms with Gasteiger partial charge in [-0.2, -0.15) is 10.2 Å². The van der Waals surface area contributed by atoms with Crippen LogP contribution in [0, 0.1) is 22.7 Å². The van der Waals surface area contributed by atoms with Crippen LogP contribution in [-0.2, 0) is 9.53 Å². The van der Waals surface area contributed by atoms with Gasteiger partial charge in [-0.15, -0.1) is 0 Å². The molecular weight excluding hydrogens is 404 g/mol. The summed E-state index contributed by atoms with van der Waals surface area (Å²) in [6.07, 6.45) is 4.95. The van der Waals surface area contributed by atoms with Gasteiger partial charge in [0, 0.05) is 36.7 Å². The molecule has 1 aromatic carbocycles. The summed E-state index contributed by atoms with van der Waals surface area (Å²) in [7, 11) is 0. The molecule has 8 nitrogen and oxygen atoms in total. The number of hydrogen-bond donors (Lipinski definition) is 1. The molecule has 2 aromatic rings. The van der Waals surface area contributed by atoms with Crippen LogP contribution in [0.2, 0.25) is 0 Å². The molecule has 3 aliphatic rings. The number of carbonyl (C=O) groups is 1. The van der Waals surface area contributed by atoms with Gasteiger partial charge in [0.15, 0.2) is 0 Å². The van der Waals surface area contributed by atoms with E-state index in [1.54, 1.807) is 17.2 Å². The van der Waals surface area contributed by atoms with Crippen molar-refractivity contribution in [2.75, 3.05) is 41.4 Å². The van der Waals surface area contributed by atoms with Crippen molar-refractivity contribution < 1.29 is 9.53 Å². The Morgan fingerprint density at radius 3 is 2.62 bits per heavy atom. The van der Waals surface area contributed by atoms with E-state index in [0.717, 1.165) is 56.9 Å². The van der Waals surface area contributed by atoms with Crippen LogP contribution in [0.4, 0.5) is 23.1 Å². The third-order valence-corrected chi connectivity index (χ3v) is 6.86. The molecule has 1 aliphatic carbocycles. The van der Waals surface area contributed by atoms with Gasteiger partial charge in [-0.25, -0.2) is 4.98 Å². The quantitative estimate of drug-likeness (QED) is 0.747. The maximum atomic E-state index is 13.4. The minimum Gasteiger partial charge on any atom is -0.378 e. The predicted molar refractivity (Wildman–Crippen MR) is 122 cm³/mol. The third kappa shape index (κ3) is 3.67. The van der Waals surface area contributed by atoms with Crippen molar-refractivity contribution in [1.29, 1.82) is 5.26 Å². The molecule has 5 rings (SSSR count). The first kappa shape index (κ1) is 20.7. The van der Waals surface area contributed by atoms with E-state index in [1.165, 1.54) is 0 Å². The predicted octanol–water partition coefficient (Wildman–Crippen LogP) is 3.49. The van der Waals surface area contributed by atoms with E-state index in [1.807, 2.05) is 12.1 Å². The van der Waals surface area contributed by atoms with E-state index in [0.29, 0.717) is 18.2 Å². The fraction of sp³-hybridized carbons (Fsp3) is 0.500. The van der Waals surface area contributed by atoms with Crippen molar-refractivity contribution in [2.45, 2.75) is 38.6 Å². The second kappa shape index (κ2) is 8.40. The lowest BCUT2D eigenvalue weighted by atomic mass is 9.81. The lowest BCUT2D eigenvalue weighted by Gasteiger charge is -2.28. The zero-order valence-corrected chi connectivity index (χ0v) is 18.3. The molecule has 32 heavy (non-hydrogen) atoms. The Morgan fingerprint density at radius 2 is 1.97 bits per heavy atom. The standard InChI is InChI=1S/C24H28N6O2/c1-2-19-15-24(16-25,17-3-4-17)22(31)30(19)21-9-10-26-23(28-21)27-18-5-7-20(8-6-18)29-11-13-32-14-12-29/h5-10,17,19H,2-4,11-15H2,1H3,(H,26,27,28)/t19-,24-/m1/s1. The Hall–Kier alpha value is -3.18. The van der Waals surface area contributed by atoms with Crippen molar-refractivity contribution in [2.24, 2.45) is 11.3 Å². The van der Waals surface area contributed by atoms with E-state index in [4.69, 9.17) is 4.74 Å². The smallest absolute Gasteiger partial charge is 0.249 e. The van der Waals surface area contributed by atoms with E-state index >= 15 is 0 Å². The van der Waals surface area contributed by atoms with Crippen LogP contribution in [0.1, 0.15) is 32.6 Å². The highest BCUT2D eigenvalue weighted by molar-refractivity contribution is 6.02. The second-order valence-corrected chi connectivity index (χ2v) is 8.81. The Morgan fingerprint density at radius 1 is 1.22 bits per heavy atom. The van der Waals surface area contributed by atoms with Gasteiger partial charge in [0.05, 0.1) is 19.3 Å². The third-order valence-electron chi connectivity index (χ3n) is 6.86. The largest absolute Gasteiger partial charge is 0.378 e. The van der Waals surface area contributed by atoms with Crippen LogP contribution in [0.3, 0.4) is 0 Å². The minimum absolute atomic E-state index is 0.0155. The highest BCUT2D eigenvalue weighted by atomic mass is 16.5. The molecular formula is C24H28N6O2. The molecule has 1 saturated carbocycles. The summed E-state index contributed by atoms with van der Waals surface area (Å²) >= 11 is 0. The van der Waals surface area contributed by atoms with Gasteiger partial charge in [-0.3, -0.25) is 9.69 Å². The number of amides is 1. The summed E-state index contributed by atoms with van der Waals surface area (Å²) in [6.45, 7) is 5.35. The fourth-order valence-electron chi connectivity index (χ4n) is 4.90. The Kier molecular flexibility index (Phi) is 5.43. The lowest BCUT2D eigenvalue weighted by Crippen LogP contribution is -2.38. The zero-order valence-electron chi connectivity index (χ0n) is 18.3. The molecule has 0 bridgehead atoms. The number of ether oxygens (including phenoxy) is 1. The molecule has 0 radical (unpaired) electrons. The maximum absolute atomic E-state index is 13.4. The van der Waals surface area contributed by atoms with Gasteiger partial charge in [-0.1, -0.05) is 6.92 Å². The molecule has 1 aromatic heterocycles. The molecule has 0 spiro atoms. The van der Waals surface area contributed by atoms with E-state index in [9.17, 15) is 10.1 Å². The van der Waals surface area contributed by atoms with Crippen LogP contribution in [0.5, 0.6) is 0 Å². The lowest BCUT2D eigenvalue weighted by molar-refractivity contribution is -0.123. The van der Waals surface area contributed by atoms with E-state index < -0.39 is 5.41 Å². The van der Waals surface area contributed by atoms with E-state index in [-0.39, 0.29) is 17.9 Å². The van der Waals surface area contributed by atoms with Crippen molar-refractivity contribution in [3.05, 3.63) is 36.5 Å². The summed E-state index contributed by atoms with van der Waals surface area (Å²) < 4.78 is 5.42. The summed E-state index contributed by atoms with van der Waals surface area (Å²) in [5.41, 5.74) is 1.15. The molecule has 2 atom stereocenters. The Labute approximate surface area is 188 Å². The van der Waals surface area contributed by atoms with Crippen LogP contribution in [-0.4, -0.2) is 48.2 Å². The number of nitrogens with zero attached hydrogens (tertiary/aromatic N) is 5. The molecule has 8 heteroatoms. The Bertz CT molecular complexity index is 1030. The van der Waals surface area contributed by atoms with Crippen molar-refractivity contribution in [3.8, 4) is 6.07 Å². The van der Waals surface area contributed by atoms with Crippen molar-refractivity contribution >= 4 is 29.0 Å². The molecule has 1 N–H and O–H groups in total. The first-order chi connectivity index (χ1) is 15.6. The highest BCUT2D eigenvalue weighted by Gasteiger charge is 2.60. The highest BCUT2D eigenvalue weighted by Crippen LogP contribution is 2.54. The molecule has 166 valence electrons. The molecule has 0 unspecified atom stereocenters.